The Bertz CT molecular complexity index is 745. The first-order chi connectivity index (χ1) is 10.7. The number of sulfonamides is 1. The maximum absolute atomic E-state index is 13.0. The predicted molar refractivity (Wildman–Crippen MR) is 83.4 cm³/mol. The molecule has 1 aromatic rings. The van der Waals surface area contributed by atoms with Gasteiger partial charge in [-0.15, -0.1) is 0 Å². The van der Waals surface area contributed by atoms with E-state index in [1.54, 1.807) is 13.8 Å². The molecule has 1 saturated heterocycles. The van der Waals surface area contributed by atoms with E-state index in [9.17, 15) is 23.3 Å². The number of nitrogens with one attached hydrogen (secondary N) is 1. The van der Waals surface area contributed by atoms with Crippen molar-refractivity contribution < 1.29 is 18.1 Å². The van der Waals surface area contributed by atoms with Gasteiger partial charge in [0.25, 0.3) is 15.7 Å². The highest BCUT2D eigenvalue weighted by atomic mass is 32.2. The van der Waals surface area contributed by atoms with E-state index in [1.165, 1.54) is 19.1 Å². The summed E-state index contributed by atoms with van der Waals surface area (Å²) in [5.74, 6) is -0.640. The quantitative estimate of drug-likeness (QED) is 0.650. The largest absolute Gasteiger partial charge is 0.353 e. The zero-order valence-electron chi connectivity index (χ0n) is 13.1. The summed E-state index contributed by atoms with van der Waals surface area (Å²) in [6, 6.07) is 3.23. The minimum absolute atomic E-state index is 0.0857. The average Bonchev–Trinajstić information content (AvgIpc) is 2.45. The van der Waals surface area contributed by atoms with Crippen LogP contribution in [0.1, 0.15) is 19.4 Å². The molecule has 0 bridgehead atoms. The van der Waals surface area contributed by atoms with Crippen LogP contribution in [0.15, 0.2) is 23.1 Å². The number of nitro groups is 1. The second-order valence-electron chi connectivity index (χ2n) is 5.78. The molecule has 9 heteroatoms. The molecule has 0 spiro atoms. The Morgan fingerprint density at radius 1 is 1.39 bits per heavy atom. The molecule has 1 aliphatic heterocycles. The number of carbonyl (C=O) groups excluding carboxylic acids is 1. The lowest BCUT2D eigenvalue weighted by Gasteiger charge is -2.36. The number of piperazine rings is 1. The van der Waals surface area contributed by atoms with Gasteiger partial charge in [-0.05, 0) is 18.4 Å². The topological polar surface area (TPSA) is 110 Å². The summed E-state index contributed by atoms with van der Waals surface area (Å²) in [5.41, 5.74) is -0.189. The average molecular weight is 341 g/mol. The van der Waals surface area contributed by atoms with Crippen molar-refractivity contribution in [2.45, 2.75) is 31.7 Å². The van der Waals surface area contributed by atoms with Gasteiger partial charge in [-0.1, -0.05) is 26.0 Å². The number of aryl methyl sites for hydroxylation is 1. The van der Waals surface area contributed by atoms with Crippen molar-refractivity contribution in [2.24, 2.45) is 5.92 Å². The Morgan fingerprint density at radius 3 is 2.61 bits per heavy atom. The molecule has 1 aromatic carbocycles. The normalized spacial score (nSPS) is 19.7. The molecule has 0 aliphatic carbocycles. The van der Waals surface area contributed by atoms with E-state index >= 15 is 0 Å². The second kappa shape index (κ2) is 6.25. The Morgan fingerprint density at radius 2 is 2.04 bits per heavy atom. The van der Waals surface area contributed by atoms with E-state index in [0.29, 0.717) is 0 Å². The van der Waals surface area contributed by atoms with Crippen LogP contribution in [0.25, 0.3) is 0 Å². The van der Waals surface area contributed by atoms with Crippen molar-refractivity contribution >= 4 is 21.6 Å². The number of amides is 1. The Labute approximate surface area is 134 Å². The summed E-state index contributed by atoms with van der Waals surface area (Å²) >= 11 is 0. The van der Waals surface area contributed by atoms with Gasteiger partial charge in [0.2, 0.25) is 5.91 Å². The number of nitrogens with zero attached hydrogens (tertiary/aromatic N) is 2. The molecule has 1 amide bonds. The standard InChI is InChI=1S/C14H19N3O5S/c1-9(2)12-14(18)15-7-8-16(12)23(21,22)13-10(3)5-4-6-11(13)17(19)20/h4-6,9,12H,7-8H2,1-3H3,(H,15,18)/t12-/m0/s1. The van der Waals surface area contributed by atoms with Gasteiger partial charge < -0.3 is 5.32 Å². The summed E-state index contributed by atoms with van der Waals surface area (Å²) < 4.78 is 27.1. The third-order valence-corrected chi connectivity index (χ3v) is 5.87. The number of nitro benzene ring substituents is 1. The zero-order valence-corrected chi connectivity index (χ0v) is 14.0. The summed E-state index contributed by atoms with van der Waals surface area (Å²) in [5, 5.41) is 13.9. The number of hydrogen-bond acceptors (Lipinski definition) is 5. The fourth-order valence-electron chi connectivity index (χ4n) is 2.80. The molecule has 1 heterocycles. The van der Waals surface area contributed by atoms with Crippen molar-refractivity contribution in [1.29, 1.82) is 0 Å². The monoisotopic (exact) mass is 341 g/mol. The van der Waals surface area contributed by atoms with Gasteiger partial charge in [0.05, 0.1) is 4.92 Å². The molecule has 23 heavy (non-hydrogen) atoms. The van der Waals surface area contributed by atoms with Crippen LogP contribution in [0.5, 0.6) is 0 Å². The second-order valence-corrected chi connectivity index (χ2v) is 7.60. The third-order valence-electron chi connectivity index (χ3n) is 3.80. The van der Waals surface area contributed by atoms with E-state index in [-0.39, 0.29) is 35.4 Å². The Hall–Kier alpha value is -2.00. The van der Waals surface area contributed by atoms with E-state index in [1.807, 2.05) is 0 Å². The van der Waals surface area contributed by atoms with E-state index in [4.69, 9.17) is 0 Å². The summed E-state index contributed by atoms with van der Waals surface area (Å²) in [7, 11) is -4.16. The lowest BCUT2D eigenvalue weighted by atomic mass is 10.0. The molecule has 2 rings (SSSR count). The highest BCUT2D eigenvalue weighted by Crippen LogP contribution is 2.32. The first-order valence-corrected chi connectivity index (χ1v) is 8.65. The number of hydrogen-bond donors (Lipinski definition) is 1. The van der Waals surface area contributed by atoms with Crippen molar-refractivity contribution in [2.75, 3.05) is 13.1 Å². The lowest BCUT2D eigenvalue weighted by Crippen LogP contribution is -2.59. The molecule has 0 radical (unpaired) electrons. The number of rotatable bonds is 4. The van der Waals surface area contributed by atoms with Crippen molar-refractivity contribution in [1.82, 2.24) is 9.62 Å². The van der Waals surface area contributed by atoms with Crippen LogP contribution < -0.4 is 5.32 Å². The maximum Gasteiger partial charge on any atom is 0.289 e. The van der Waals surface area contributed by atoms with Crippen LogP contribution in [0, 0.1) is 23.0 Å². The molecule has 8 nitrogen and oxygen atoms in total. The van der Waals surface area contributed by atoms with Gasteiger partial charge in [0.15, 0.2) is 4.90 Å². The molecule has 1 atom stereocenters. The molecule has 0 saturated carbocycles. The minimum atomic E-state index is -4.16. The lowest BCUT2D eigenvalue weighted by molar-refractivity contribution is -0.388. The Kier molecular flexibility index (Phi) is 4.71. The van der Waals surface area contributed by atoms with Gasteiger partial charge in [-0.2, -0.15) is 4.31 Å². The van der Waals surface area contributed by atoms with E-state index < -0.39 is 26.7 Å². The number of carbonyl (C=O) groups is 1. The summed E-state index contributed by atoms with van der Waals surface area (Å²) in [6.45, 7) is 5.26. The molecule has 1 aliphatic rings. The van der Waals surface area contributed by atoms with E-state index in [0.717, 1.165) is 10.4 Å². The molecule has 0 aromatic heterocycles. The number of benzene rings is 1. The first-order valence-electron chi connectivity index (χ1n) is 7.21. The minimum Gasteiger partial charge on any atom is -0.353 e. The molecule has 0 unspecified atom stereocenters. The fourth-order valence-corrected chi connectivity index (χ4v) is 4.89. The van der Waals surface area contributed by atoms with Gasteiger partial charge >= 0.3 is 0 Å². The van der Waals surface area contributed by atoms with Crippen molar-refractivity contribution in [3.63, 3.8) is 0 Å². The van der Waals surface area contributed by atoms with Crippen LogP contribution >= 0.6 is 0 Å². The molecule has 126 valence electrons. The highest BCUT2D eigenvalue weighted by molar-refractivity contribution is 7.89. The fraction of sp³-hybridized carbons (Fsp3) is 0.500. The summed E-state index contributed by atoms with van der Waals surface area (Å²) in [4.78, 5) is 22.2. The van der Waals surface area contributed by atoms with Crippen LogP contribution in [0.4, 0.5) is 5.69 Å². The molecular weight excluding hydrogens is 322 g/mol. The first kappa shape index (κ1) is 17.4. The maximum atomic E-state index is 13.0. The zero-order chi connectivity index (χ0) is 17.4. The van der Waals surface area contributed by atoms with Gasteiger partial charge in [-0.3, -0.25) is 14.9 Å². The molecular formula is C14H19N3O5S. The van der Waals surface area contributed by atoms with Gasteiger partial charge in [0, 0.05) is 19.2 Å². The molecule has 1 fully saturated rings. The predicted octanol–water partition coefficient (Wildman–Crippen LogP) is 1.05. The van der Waals surface area contributed by atoms with Crippen LogP contribution in [0.3, 0.4) is 0 Å². The molecule has 1 N–H and O–H groups in total. The van der Waals surface area contributed by atoms with Crippen LogP contribution in [-0.4, -0.2) is 42.7 Å². The summed E-state index contributed by atoms with van der Waals surface area (Å²) in [6.07, 6.45) is 0. The van der Waals surface area contributed by atoms with Crippen LogP contribution in [0.2, 0.25) is 0 Å². The van der Waals surface area contributed by atoms with Gasteiger partial charge in [0.1, 0.15) is 6.04 Å². The van der Waals surface area contributed by atoms with Crippen molar-refractivity contribution in [3.05, 3.63) is 33.9 Å². The smallest absolute Gasteiger partial charge is 0.289 e. The highest BCUT2D eigenvalue weighted by Gasteiger charge is 2.43. The Balaban J connectivity index is 2.62. The third kappa shape index (κ3) is 3.06. The van der Waals surface area contributed by atoms with Gasteiger partial charge in [-0.25, -0.2) is 8.42 Å². The van der Waals surface area contributed by atoms with Crippen molar-refractivity contribution in [3.8, 4) is 0 Å². The van der Waals surface area contributed by atoms with E-state index in [2.05, 4.69) is 5.32 Å². The SMILES string of the molecule is Cc1cccc([N+](=O)[O-])c1S(=O)(=O)N1CCNC(=O)[C@@H]1C(C)C. The van der Waals surface area contributed by atoms with Crippen LogP contribution in [-0.2, 0) is 14.8 Å².